The molecule has 0 radical (unpaired) electrons. The van der Waals surface area contributed by atoms with Gasteiger partial charge in [0.1, 0.15) is 0 Å². The molecule has 1 fully saturated rings. The van der Waals surface area contributed by atoms with E-state index in [1.54, 1.807) is 0 Å². The molecule has 2 atom stereocenters. The van der Waals surface area contributed by atoms with Crippen molar-refractivity contribution in [3.05, 3.63) is 11.7 Å². The van der Waals surface area contributed by atoms with E-state index in [0.717, 1.165) is 18.1 Å². The Hall–Kier alpha value is -0.590. The van der Waals surface area contributed by atoms with Crippen LogP contribution in [0.4, 0.5) is 0 Å². The van der Waals surface area contributed by atoms with Crippen LogP contribution < -0.4 is 5.73 Å². The predicted molar refractivity (Wildman–Crippen MR) is 78.1 cm³/mol. The van der Waals surface area contributed by atoms with Crippen molar-refractivity contribution in [2.24, 2.45) is 11.1 Å². The third kappa shape index (κ3) is 3.70. The molecule has 0 amide bonds. The highest BCUT2D eigenvalue weighted by Gasteiger charge is 2.27. The summed E-state index contributed by atoms with van der Waals surface area (Å²) in [6.07, 6.45) is 0.639. The minimum absolute atomic E-state index is 0.0271. The first kappa shape index (κ1) is 14.8. The summed E-state index contributed by atoms with van der Waals surface area (Å²) < 4.78 is 5.35. The Morgan fingerprint density at radius 1 is 1.53 bits per heavy atom. The van der Waals surface area contributed by atoms with Crippen LogP contribution in [0.3, 0.4) is 0 Å². The van der Waals surface area contributed by atoms with Gasteiger partial charge in [0.25, 0.3) is 0 Å². The highest BCUT2D eigenvalue weighted by molar-refractivity contribution is 7.99. The zero-order valence-corrected chi connectivity index (χ0v) is 13.0. The van der Waals surface area contributed by atoms with Gasteiger partial charge in [-0.3, -0.25) is 4.90 Å². The van der Waals surface area contributed by atoms with Crippen molar-refractivity contribution in [3.8, 4) is 0 Å². The second-order valence-corrected chi connectivity index (χ2v) is 7.44. The van der Waals surface area contributed by atoms with Crippen LogP contribution in [-0.4, -0.2) is 46.2 Å². The molecule has 0 spiro atoms. The number of hydrogen-bond donors (Lipinski definition) is 1. The van der Waals surface area contributed by atoms with Crippen LogP contribution in [0, 0.1) is 5.41 Å². The number of nitrogens with two attached hydrogens (primary N) is 1. The van der Waals surface area contributed by atoms with Crippen molar-refractivity contribution in [2.75, 3.05) is 25.1 Å². The van der Waals surface area contributed by atoms with Gasteiger partial charge in [0.05, 0.1) is 6.04 Å². The number of rotatable bonds is 3. The maximum absolute atomic E-state index is 6.16. The van der Waals surface area contributed by atoms with Crippen molar-refractivity contribution in [3.63, 3.8) is 0 Å². The highest BCUT2D eigenvalue weighted by Crippen LogP contribution is 2.27. The van der Waals surface area contributed by atoms with E-state index in [2.05, 4.69) is 42.9 Å². The van der Waals surface area contributed by atoms with Crippen LogP contribution in [0.25, 0.3) is 0 Å². The van der Waals surface area contributed by atoms with E-state index in [9.17, 15) is 0 Å². The van der Waals surface area contributed by atoms with Gasteiger partial charge in [-0.1, -0.05) is 25.9 Å². The quantitative estimate of drug-likeness (QED) is 0.911. The Morgan fingerprint density at radius 2 is 2.26 bits per heavy atom. The second kappa shape index (κ2) is 5.81. The average Bonchev–Trinajstić information content (AvgIpc) is 2.76. The fraction of sp³-hybridized carbons (Fsp3) is 0.846. The zero-order chi connectivity index (χ0) is 14.0. The molecule has 2 heterocycles. The smallest absolute Gasteiger partial charge is 0.228 e. The van der Waals surface area contributed by atoms with Crippen LogP contribution in [0.5, 0.6) is 0 Å². The molecule has 5 nitrogen and oxygen atoms in total. The van der Waals surface area contributed by atoms with Gasteiger partial charge in [-0.2, -0.15) is 16.7 Å². The number of aromatic nitrogens is 2. The molecule has 1 aliphatic rings. The van der Waals surface area contributed by atoms with Crippen molar-refractivity contribution >= 4 is 11.8 Å². The Labute approximate surface area is 119 Å². The van der Waals surface area contributed by atoms with E-state index in [1.165, 1.54) is 5.75 Å². The normalized spacial score (nSPS) is 23.5. The van der Waals surface area contributed by atoms with Crippen LogP contribution in [0.2, 0.25) is 0 Å². The predicted octanol–water partition coefficient (Wildman–Crippen LogP) is 1.71. The van der Waals surface area contributed by atoms with Gasteiger partial charge in [0.2, 0.25) is 5.89 Å². The minimum atomic E-state index is 0.0271. The lowest BCUT2D eigenvalue weighted by atomic mass is 9.85. The first-order valence-electron chi connectivity index (χ1n) is 6.74. The molecule has 1 aromatic rings. The summed E-state index contributed by atoms with van der Waals surface area (Å²) in [5.41, 5.74) is 6.20. The van der Waals surface area contributed by atoms with Crippen LogP contribution in [-0.2, 0) is 6.42 Å². The largest absolute Gasteiger partial charge is 0.339 e. The summed E-state index contributed by atoms with van der Waals surface area (Å²) >= 11 is 1.94. The molecule has 0 bridgehead atoms. The molecular formula is C13H24N4OS. The maximum Gasteiger partial charge on any atom is 0.228 e. The fourth-order valence-electron chi connectivity index (χ4n) is 1.94. The first-order valence-corrected chi connectivity index (χ1v) is 7.89. The van der Waals surface area contributed by atoms with Gasteiger partial charge in [0, 0.05) is 30.5 Å². The van der Waals surface area contributed by atoms with Gasteiger partial charge < -0.3 is 10.3 Å². The van der Waals surface area contributed by atoms with E-state index in [0.29, 0.717) is 12.3 Å². The molecule has 0 saturated carbocycles. The average molecular weight is 284 g/mol. The maximum atomic E-state index is 6.16. The molecule has 0 aromatic carbocycles. The molecule has 1 aromatic heterocycles. The molecular weight excluding hydrogens is 260 g/mol. The fourth-order valence-corrected chi connectivity index (χ4v) is 3.15. The van der Waals surface area contributed by atoms with E-state index in [-0.39, 0.29) is 17.5 Å². The lowest BCUT2D eigenvalue weighted by molar-refractivity contribution is 0.254. The second-order valence-electron chi connectivity index (χ2n) is 6.29. The molecule has 1 aliphatic heterocycles. The lowest BCUT2D eigenvalue weighted by Gasteiger charge is -2.29. The van der Waals surface area contributed by atoms with E-state index in [1.807, 2.05) is 11.8 Å². The Balaban J connectivity index is 2.02. The first-order chi connectivity index (χ1) is 8.88. The van der Waals surface area contributed by atoms with Crippen molar-refractivity contribution in [2.45, 2.75) is 39.3 Å². The van der Waals surface area contributed by atoms with Gasteiger partial charge in [-0.25, -0.2) is 0 Å². The number of nitrogens with zero attached hydrogens (tertiary/aromatic N) is 3. The standard InChI is InChI=1S/C13H24N4OS/c1-13(2,3)10(14)7-11-15-12(16-18-11)9-8-19-6-5-17(9)4/h9-10H,5-8,14H2,1-4H3. The summed E-state index contributed by atoms with van der Waals surface area (Å²) in [5.74, 6) is 3.65. The molecule has 108 valence electrons. The van der Waals surface area contributed by atoms with Gasteiger partial charge in [-0.15, -0.1) is 0 Å². The number of hydrogen-bond acceptors (Lipinski definition) is 6. The molecule has 1 saturated heterocycles. The van der Waals surface area contributed by atoms with Crippen LogP contribution >= 0.6 is 11.8 Å². The summed E-state index contributed by atoms with van der Waals surface area (Å²) in [6.45, 7) is 7.45. The summed E-state index contributed by atoms with van der Waals surface area (Å²) in [6, 6.07) is 0.293. The van der Waals surface area contributed by atoms with E-state index in [4.69, 9.17) is 10.3 Å². The highest BCUT2D eigenvalue weighted by atomic mass is 32.2. The van der Waals surface area contributed by atoms with Crippen molar-refractivity contribution < 1.29 is 4.52 Å². The Kier molecular flexibility index (Phi) is 4.53. The van der Waals surface area contributed by atoms with Gasteiger partial charge >= 0.3 is 0 Å². The van der Waals surface area contributed by atoms with Crippen molar-refractivity contribution in [1.29, 1.82) is 0 Å². The Bertz CT molecular complexity index is 415. The van der Waals surface area contributed by atoms with E-state index >= 15 is 0 Å². The minimum Gasteiger partial charge on any atom is -0.339 e. The van der Waals surface area contributed by atoms with Crippen molar-refractivity contribution in [1.82, 2.24) is 15.0 Å². The third-order valence-corrected chi connectivity index (χ3v) is 4.71. The van der Waals surface area contributed by atoms with Gasteiger partial charge in [-0.05, 0) is 12.5 Å². The summed E-state index contributed by atoms with van der Waals surface area (Å²) in [5, 5.41) is 4.13. The molecule has 0 aliphatic carbocycles. The summed E-state index contributed by atoms with van der Waals surface area (Å²) in [7, 11) is 2.11. The SMILES string of the molecule is CN1CCSCC1c1noc(CC(N)C(C)(C)C)n1. The van der Waals surface area contributed by atoms with Crippen LogP contribution in [0.15, 0.2) is 4.52 Å². The molecule has 6 heteroatoms. The zero-order valence-electron chi connectivity index (χ0n) is 12.2. The molecule has 19 heavy (non-hydrogen) atoms. The van der Waals surface area contributed by atoms with Crippen LogP contribution in [0.1, 0.15) is 38.5 Å². The van der Waals surface area contributed by atoms with E-state index < -0.39 is 0 Å². The molecule has 2 rings (SSSR count). The molecule has 2 unspecified atom stereocenters. The monoisotopic (exact) mass is 284 g/mol. The molecule has 2 N–H and O–H groups in total. The third-order valence-electron chi connectivity index (χ3n) is 3.68. The Morgan fingerprint density at radius 3 is 2.89 bits per heavy atom. The topological polar surface area (TPSA) is 68.2 Å². The lowest BCUT2D eigenvalue weighted by Crippen LogP contribution is -2.37. The summed E-state index contributed by atoms with van der Waals surface area (Å²) in [4.78, 5) is 6.81. The van der Waals surface area contributed by atoms with Gasteiger partial charge in [0.15, 0.2) is 5.82 Å². The number of thioether (sulfide) groups is 1.